The van der Waals surface area contributed by atoms with Crippen molar-refractivity contribution in [1.29, 1.82) is 0 Å². The lowest BCUT2D eigenvalue weighted by Gasteiger charge is -2.15. The first kappa shape index (κ1) is 17.6. The van der Waals surface area contributed by atoms with Crippen LogP contribution in [0.5, 0.6) is 0 Å². The van der Waals surface area contributed by atoms with Crippen LogP contribution in [0.2, 0.25) is 0 Å². The Hall–Kier alpha value is -3.80. The number of fused-ring (bicyclic) bond motifs is 1. The summed E-state index contributed by atoms with van der Waals surface area (Å²) >= 11 is 0. The van der Waals surface area contributed by atoms with Crippen LogP contribution in [0.4, 0.5) is 10.1 Å². The second-order valence-corrected chi connectivity index (χ2v) is 6.37. The lowest BCUT2D eigenvalue weighted by atomic mass is 10.0. The third-order valence-corrected chi connectivity index (χ3v) is 4.43. The van der Waals surface area contributed by atoms with Crippen LogP contribution >= 0.6 is 0 Å². The van der Waals surface area contributed by atoms with Crippen molar-refractivity contribution in [1.82, 2.24) is 9.55 Å². The van der Waals surface area contributed by atoms with Gasteiger partial charge in [-0.1, -0.05) is 6.07 Å². The Morgan fingerprint density at radius 1 is 1.00 bits per heavy atom. The van der Waals surface area contributed by atoms with E-state index in [4.69, 9.17) is 0 Å². The van der Waals surface area contributed by atoms with Gasteiger partial charge in [0.05, 0.1) is 5.52 Å². The van der Waals surface area contributed by atoms with Crippen molar-refractivity contribution in [2.24, 2.45) is 0 Å². The Labute approximate surface area is 160 Å². The SMILES string of the molecule is CC(=O)Nc1cn(-c2ccc(F)cc2)c2cc(-c3ccncc3)ccc2c1=O. The number of nitrogens with one attached hydrogen (secondary N) is 1. The number of anilines is 1. The molecule has 1 amide bonds. The summed E-state index contributed by atoms with van der Waals surface area (Å²) in [5.74, 6) is -0.691. The molecule has 0 fully saturated rings. The summed E-state index contributed by atoms with van der Waals surface area (Å²) in [5, 5.41) is 3.03. The lowest BCUT2D eigenvalue weighted by molar-refractivity contribution is -0.114. The number of carbonyl (C=O) groups is 1. The van der Waals surface area contributed by atoms with Gasteiger partial charge >= 0.3 is 0 Å². The minimum absolute atomic E-state index is 0.168. The van der Waals surface area contributed by atoms with Gasteiger partial charge < -0.3 is 9.88 Å². The molecule has 0 unspecified atom stereocenters. The molecule has 2 heterocycles. The Balaban J connectivity index is 2.02. The maximum atomic E-state index is 13.4. The van der Waals surface area contributed by atoms with Gasteiger partial charge in [-0.15, -0.1) is 0 Å². The minimum Gasteiger partial charge on any atom is -0.322 e. The molecule has 2 aromatic carbocycles. The Bertz CT molecular complexity index is 1230. The highest BCUT2D eigenvalue weighted by Crippen LogP contribution is 2.26. The van der Waals surface area contributed by atoms with Crippen LogP contribution in [0.3, 0.4) is 0 Å². The molecule has 0 aliphatic heterocycles. The number of carbonyl (C=O) groups excluding carboxylic acids is 1. The molecule has 2 aromatic heterocycles. The van der Waals surface area contributed by atoms with Gasteiger partial charge in [-0.25, -0.2) is 4.39 Å². The van der Waals surface area contributed by atoms with Gasteiger partial charge in [0.2, 0.25) is 11.3 Å². The number of nitrogens with zero attached hydrogens (tertiary/aromatic N) is 2. The summed E-state index contributed by atoms with van der Waals surface area (Å²) in [6.45, 7) is 1.35. The van der Waals surface area contributed by atoms with Crippen molar-refractivity contribution in [3.63, 3.8) is 0 Å². The van der Waals surface area contributed by atoms with Crippen LogP contribution in [-0.4, -0.2) is 15.5 Å². The fourth-order valence-corrected chi connectivity index (χ4v) is 3.14. The monoisotopic (exact) mass is 373 g/mol. The number of hydrogen-bond acceptors (Lipinski definition) is 3. The van der Waals surface area contributed by atoms with E-state index < -0.39 is 0 Å². The summed E-state index contributed by atoms with van der Waals surface area (Å²) in [6.07, 6.45) is 4.97. The Morgan fingerprint density at radius 2 is 1.71 bits per heavy atom. The molecule has 0 spiro atoms. The van der Waals surface area contributed by atoms with Crippen molar-refractivity contribution in [3.8, 4) is 16.8 Å². The van der Waals surface area contributed by atoms with Crippen molar-refractivity contribution >= 4 is 22.5 Å². The van der Waals surface area contributed by atoms with Gasteiger partial charge in [-0.3, -0.25) is 14.6 Å². The predicted octanol–water partition coefficient (Wildman–Crippen LogP) is 4.15. The standard InChI is InChI=1S/C22H16FN3O2/c1-14(27)25-20-13-26(18-5-3-17(23)4-6-18)21-12-16(2-7-19(21)22(20)28)15-8-10-24-11-9-15/h2-13H,1H3,(H,25,27). The average molecular weight is 373 g/mol. The molecule has 0 aliphatic rings. The van der Waals surface area contributed by atoms with Crippen LogP contribution < -0.4 is 10.7 Å². The third-order valence-electron chi connectivity index (χ3n) is 4.43. The average Bonchev–Trinajstić information content (AvgIpc) is 2.71. The highest BCUT2D eigenvalue weighted by Gasteiger charge is 2.13. The van der Waals surface area contributed by atoms with Crippen LogP contribution in [0.1, 0.15) is 6.92 Å². The maximum Gasteiger partial charge on any atom is 0.221 e. The van der Waals surface area contributed by atoms with Gasteiger partial charge in [0.25, 0.3) is 0 Å². The second kappa shape index (κ2) is 7.08. The molecule has 4 aromatic rings. The zero-order valence-corrected chi connectivity index (χ0v) is 15.0. The van der Waals surface area contributed by atoms with Crippen LogP contribution in [0, 0.1) is 5.82 Å². The maximum absolute atomic E-state index is 13.4. The summed E-state index contributed by atoms with van der Waals surface area (Å²) in [5.41, 5.74) is 3.09. The van der Waals surface area contributed by atoms with E-state index in [0.29, 0.717) is 16.6 Å². The van der Waals surface area contributed by atoms with Gasteiger partial charge in [0.15, 0.2) is 0 Å². The highest BCUT2D eigenvalue weighted by molar-refractivity contribution is 5.93. The fourth-order valence-electron chi connectivity index (χ4n) is 3.14. The molecular weight excluding hydrogens is 357 g/mol. The quantitative estimate of drug-likeness (QED) is 0.587. The number of benzene rings is 2. The predicted molar refractivity (Wildman–Crippen MR) is 107 cm³/mol. The summed E-state index contributed by atoms with van der Waals surface area (Å²) in [4.78, 5) is 28.4. The van der Waals surface area contributed by atoms with Gasteiger partial charge in [0.1, 0.15) is 11.5 Å². The van der Waals surface area contributed by atoms with E-state index in [-0.39, 0.29) is 22.8 Å². The van der Waals surface area contributed by atoms with E-state index in [2.05, 4.69) is 10.3 Å². The summed E-state index contributed by atoms with van der Waals surface area (Å²) in [7, 11) is 0. The molecule has 1 N–H and O–H groups in total. The first-order valence-electron chi connectivity index (χ1n) is 8.66. The van der Waals surface area contributed by atoms with E-state index in [9.17, 15) is 14.0 Å². The van der Waals surface area contributed by atoms with Crippen molar-refractivity contribution in [3.05, 3.63) is 89.2 Å². The molecule has 0 saturated heterocycles. The topological polar surface area (TPSA) is 64.0 Å². The zero-order valence-electron chi connectivity index (χ0n) is 15.0. The van der Waals surface area contributed by atoms with E-state index in [1.807, 2.05) is 24.3 Å². The van der Waals surface area contributed by atoms with E-state index in [1.165, 1.54) is 19.1 Å². The summed E-state index contributed by atoms with van der Waals surface area (Å²) < 4.78 is 15.2. The molecule has 4 rings (SSSR count). The first-order valence-corrected chi connectivity index (χ1v) is 8.66. The minimum atomic E-state index is -0.353. The molecule has 5 nitrogen and oxygen atoms in total. The Kier molecular flexibility index (Phi) is 4.45. The number of halogens is 1. The number of pyridine rings is 2. The largest absolute Gasteiger partial charge is 0.322 e. The van der Waals surface area contributed by atoms with Crippen molar-refractivity contribution < 1.29 is 9.18 Å². The van der Waals surface area contributed by atoms with Gasteiger partial charge in [-0.2, -0.15) is 0 Å². The molecule has 0 saturated carbocycles. The Morgan fingerprint density at radius 3 is 2.39 bits per heavy atom. The normalized spacial score (nSPS) is 10.8. The molecule has 138 valence electrons. The summed E-state index contributed by atoms with van der Waals surface area (Å²) in [6, 6.07) is 15.2. The van der Waals surface area contributed by atoms with Crippen molar-refractivity contribution in [2.45, 2.75) is 6.92 Å². The molecular formula is C22H16FN3O2. The molecule has 0 atom stereocenters. The molecule has 0 aliphatic carbocycles. The zero-order chi connectivity index (χ0) is 19.7. The molecule has 0 bridgehead atoms. The smallest absolute Gasteiger partial charge is 0.221 e. The molecule has 28 heavy (non-hydrogen) atoms. The van der Waals surface area contributed by atoms with Crippen LogP contribution in [0.25, 0.3) is 27.7 Å². The van der Waals surface area contributed by atoms with E-state index in [1.54, 1.807) is 41.4 Å². The first-order chi connectivity index (χ1) is 13.5. The van der Waals surface area contributed by atoms with Gasteiger partial charge in [-0.05, 0) is 59.7 Å². The number of aromatic nitrogens is 2. The number of amides is 1. The number of hydrogen-bond donors (Lipinski definition) is 1. The molecule has 0 radical (unpaired) electrons. The second-order valence-electron chi connectivity index (χ2n) is 6.37. The van der Waals surface area contributed by atoms with E-state index >= 15 is 0 Å². The van der Waals surface area contributed by atoms with E-state index in [0.717, 1.165) is 11.1 Å². The third kappa shape index (κ3) is 3.27. The highest BCUT2D eigenvalue weighted by atomic mass is 19.1. The fraction of sp³-hybridized carbons (Fsp3) is 0.0455. The lowest BCUT2D eigenvalue weighted by Crippen LogP contribution is -2.18. The van der Waals surface area contributed by atoms with Crippen LogP contribution in [-0.2, 0) is 4.79 Å². The van der Waals surface area contributed by atoms with Gasteiger partial charge in [0, 0.05) is 36.6 Å². The molecule has 6 heteroatoms. The van der Waals surface area contributed by atoms with Crippen molar-refractivity contribution in [2.75, 3.05) is 5.32 Å². The van der Waals surface area contributed by atoms with Crippen LogP contribution in [0.15, 0.2) is 78.0 Å². The number of rotatable bonds is 3.